The number of carbonyl (C=O) groups is 2. The van der Waals surface area contributed by atoms with Gasteiger partial charge in [-0.25, -0.2) is 0 Å². The molecule has 0 bridgehead atoms. The van der Waals surface area contributed by atoms with Gasteiger partial charge in [0.05, 0.1) is 30.9 Å². The third kappa shape index (κ3) is 7.07. The van der Waals surface area contributed by atoms with Crippen LogP contribution in [0.5, 0.6) is 0 Å². The lowest BCUT2D eigenvalue weighted by Gasteiger charge is -2.37. The zero-order chi connectivity index (χ0) is 24.9. The van der Waals surface area contributed by atoms with E-state index >= 15 is 0 Å². The fraction of sp³-hybridized carbons (Fsp3) is 0.652. The molecule has 1 aliphatic heterocycles. The van der Waals surface area contributed by atoms with Gasteiger partial charge < -0.3 is 13.5 Å². The van der Waals surface area contributed by atoms with Crippen LogP contribution in [0.25, 0.3) is 0 Å². The molecule has 1 aromatic carbocycles. The van der Waals surface area contributed by atoms with Crippen LogP contribution in [0.3, 0.4) is 0 Å². The molecule has 0 aliphatic carbocycles. The highest BCUT2D eigenvalue weighted by Gasteiger charge is 2.39. The number of nitrogens with zero attached hydrogens (tertiary/aromatic N) is 1. The fourth-order valence-corrected chi connectivity index (χ4v) is 5.30. The van der Waals surface area contributed by atoms with Gasteiger partial charge in [0.25, 0.3) is 11.8 Å². The second-order valence-corrected chi connectivity index (χ2v) is 16.8. The Hall–Kier alpha value is -1.35. The Kier molecular flexibility index (Phi) is 9.62. The maximum absolute atomic E-state index is 12.6. The van der Waals surface area contributed by atoms with Crippen molar-refractivity contribution in [3.63, 3.8) is 0 Å². The Balaban J connectivity index is 2.05. The molecule has 1 aliphatic rings. The highest BCUT2D eigenvalue weighted by molar-refractivity contribution is 7.53. The molecule has 0 saturated heterocycles. The van der Waals surface area contributed by atoms with Crippen molar-refractivity contribution in [1.82, 2.24) is 5.06 Å². The van der Waals surface area contributed by atoms with Crippen LogP contribution in [0.15, 0.2) is 24.3 Å². The Morgan fingerprint density at radius 1 is 1.00 bits per heavy atom. The van der Waals surface area contributed by atoms with E-state index < -0.39 is 27.7 Å². The summed E-state index contributed by atoms with van der Waals surface area (Å²) in [5, 5.41) is 0.853. The first-order chi connectivity index (χ1) is 15.3. The van der Waals surface area contributed by atoms with Crippen LogP contribution in [-0.4, -0.2) is 57.8 Å². The first-order valence-electron chi connectivity index (χ1n) is 11.5. The second-order valence-electron chi connectivity index (χ2n) is 9.65. The summed E-state index contributed by atoms with van der Waals surface area (Å²) in [4.78, 5) is 30.9. The van der Waals surface area contributed by atoms with Crippen LogP contribution in [0, 0.1) is 5.92 Å². The van der Waals surface area contributed by atoms with Crippen LogP contribution < -0.4 is 0 Å². The molecule has 0 saturated carbocycles. The molecule has 1 heterocycles. The standard InChI is InChI=1S/C23H38NO7PSi/c1-8-29-32(27,9-2)30-15-14-18(17-31-33(6,7)23(3,4)5)16-28-24-21(25)19-12-10-11-13-20(19)22(24)26/h10-13,18H,8-9,14-17H2,1-7H3. The van der Waals surface area contributed by atoms with Crippen LogP contribution in [0.2, 0.25) is 18.1 Å². The zero-order valence-electron chi connectivity index (χ0n) is 20.9. The van der Waals surface area contributed by atoms with E-state index in [9.17, 15) is 14.2 Å². The van der Waals surface area contributed by atoms with Gasteiger partial charge in [0, 0.05) is 18.7 Å². The second kappa shape index (κ2) is 11.4. The molecular formula is C23H38NO7PSi. The molecular weight excluding hydrogens is 461 g/mol. The Labute approximate surface area is 198 Å². The first kappa shape index (κ1) is 27.9. The van der Waals surface area contributed by atoms with E-state index in [-0.39, 0.29) is 30.3 Å². The Bertz CT molecular complexity index is 849. The van der Waals surface area contributed by atoms with Gasteiger partial charge in [0.2, 0.25) is 0 Å². The molecule has 186 valence electrons. The van der Waals surface area contributed by atoms with Gasteiger partial charge in [0.1, 0.15) is 0 Å². The monoisotopic (exact) mass is 499 g/mol. The summed E-state index contributed by atoms with van der Waals surface area (Å²) in [6.07, 6.45) is 0.770. The highest BCUT2D eigenvalue weighted by Crippen LogP contribution is 2.47. The minimum Gasteiger partial charge on any atom is -0.416 e. The topological polar surface area (TPSA) is 91.4 Å². The average molecular weight is 500 g/mol. The van der Waals surface area contributed by atoms with Crippen LogP contribution >= 0.6 is 7.60 Å². The first-order valence-corrected chi connectivity index (χ1v) is 16.1. The van der Waals surface area contributed by atoms with Gasteiger partial charge in [-0.1, -0.05) is 39.8 Å². The van der Waals surface area contributed by atoms with E-state index in [0.717, 1.165) is 5.06 Å². The predicted molar refractivity (Wildman–Crippen MR) is 130 cm³/mol. The minimum atomic E-state index is -3.13. The van der Waals surface area contributed by atoms with Crippen molar-refractivity contribution in [2.24, 2.45) is 5.92 Å². The fourth-order valence-electron chi connectivity index (χ4n) is 3.00. The summed E-state index contributed by atoms with van der Waals surface area (Å²) in [5.74, 6) is -1.11. The Morgan fingerprint density at radius 2 is 1.58 bits per heavy atom. The molecule has 1 aromatic rings. The summed E-state index contributed by atoms with van der Waals surface area (Å²) in [5.41, 5.74) is 0.668. The van der Waals surface area contributed by atoms with E-state index in [2.05, 4.69) is 33.9 Å². The lowest BCUT2D eigenvalue weighted by Crippen LogP contribution is -2.42. The van der Waals surface area contributed by atoms with Gasteiger partial charge >= 0.3 is 7.60 Å². The maximum atomic E-state index is 12.6. The number of rotatable bonds is 13. The van der Waals surface area contributed by atoms with Crippen LogP contribution in [0.1, 0.15) is 61.8 Å². The van der Waals surface area contributed by atoms with Crippen LogP contribution in [0.4, 0.5) is 0 Å². The molecule has 0 spiro atoms. The van der Waals surface area contributed by atoms with Crippen molar-refractivity contribution in [1.29, 1.82) is 0 Å². The zero-order valence-corrected chi connectivity index (χ0v) is 22.8. The minimum absolute atomic E-state index is 0.0321. The van der Waals surface area contributed by atoms with Gasteiger partial charge in [0.15, 0.2) is 8.32 Å². The summed E-state index contributed by atoms with van der Waals surface area (Å²) in [6, 6.07) is 6.65. The molecule has 0 fully saturated rings. The number of amides is 2. The third-order valence-electron chi connectivity index (χ3n) is 6.21. The lowest BCUT2D eigenvalue weighted by atomic mass is 10.1. The van der Waals surface area contributed by atoms with Gasteiger partial charge in [-0.3, -0.25) is 19.0 Å². The number of hydrogen-bond donors (Lipinski definition) is 0. The smallest absolute Gasteiger partial charge is 0.330 e. The van der Waals surface area contributed by atoms with Crippen molar-refractivity contribution in [3.05, 3.63) is 35.4 Å². The SMILES string of the molecule is CCOP(=O)(CC)OCCC(CON1C(=O)c2ccccc2C1=O)CO[Si](C)(C)C(C)(C)C. The van der Waals surface area contributed by atoms with Crippen molar-refractivity contribution in [3.8, 4) is 0 Å². The molecule has 10 heteroatoms. The average Bonchev–Trinajstić information content (AvgIpc) is 2.99. The highest BCUT2D eigenvalue weighted by atomic mass is 31.2. The number of fused-ring (bicyclic) bond motifs is 1. The molecule has 0 aromatic heterocycles. The predicted octanol–water partition coefficient (Wildman–Crippen LogP) is 5.51. The molecule has 2 unspecified atom stereocenters. The summed E-state index contributed by atoms with van der Waals surface area (Å²) >= 11 is 0. The summed E-state index contributed by atoms with van der Waals surface area (Å²) < 4.78 is 29.9. The van der Waals surface area contributed by atoms with Crippen molar-refractivity contribution >= 4 is 27.7 Å². The number of hydrogen-bond acceptors (Lipinski definition) is 7. The molecule has 0 N–H and O–H groups in total. The number of carbonyl (C=O) groups excluding carboxylic acids is 2. The maximum Gasteiger partial charge on any atom is 0.330 e. The largest absolute Gasteiger partial charge is 0.416 e. The molecule has 2 amide bonds. The molecule has 33 heavy (non-hydrogen) atoms. The third-order valence-corrected chi connectivity index (χ3v) is 12.7. The van der Waals surface area contributed by atoms with Crippen molar-refractivity contribution in [2.75, 3.05) is 32.6 Å². The van der Waals surface area contributed by atoms with Gasteiger partial charge in [-0.05, 0) is 43.6 Å². The summed E-state index contributed by atoms with van der Waals surface area (Å²) in [6.45, 7) is 15.3. The molecule has 2 rings (SSSR count). The van der Waals surface area contributed by atoms with Gasteiger partial charge in [-0.2, -0.15) is 0 Å². The quantitative estimate of drug-likeness (QED) is 0.201. The number of benzene rings is 1. The number of imide groups is 1. The van der Waals surface area contributed by atoms with E-state index in [1.54, 1.807) is 38.1 Å². The molecule has 8 nitrogen and oxygen atoms in total. The van der Waals surface area contributed by atoms with Crippen LogP contribution in [-0.2, 0) is 22.9 Å². The normalized spacial score (nSPS) is 17.2. The van der Waals surface area contributed by atoms with E-state index in [0.29, 0.717) is 30.8 Å². The lowest BCUT2D eigenvalue weighted by molar-refractivity contribution is -0.108. The Morgan fingerprint density at radius 3 is 2.06 bits per heavy atom. The molecule has 0 radical (unpaired) electrons. The van der Waals surface area contributed by atoms with E-state index in [4.69, 9.17) is 18.3 Å². The van der Waals surface area contributed by atoms with E-state index in [1.165, 1.54) is 0 Å². The van der Waals surface area contributed by atoms with Crippen molar-refractivity contribution < 1.29 is 32.5 Å². The number of hydroxylamine groups is 2. The van der Waals surface area contributed by atoms with Gasteiger partial charge in [-0.15, -0.1) is 5.06 Å². The van der Waals surface area contributed by atoms with E-state index in [1.807, 2.05) is 0 Å². The van der Waals surface area contributed by atoms with Crippen molar-refractivity contribution in [2.45, 2.75) is 59.2 Å². The summed E-state index contributed by atoms with van der Waals surface area (Å²) in [7, 11) is -5.15. The molecule has 2 atom stereocenters.